The second-order valence-corrected chi connectivity index (χ2v) is 6.77. The third-order valence-corrected chi connectivity index (χ3v) is 4.20. The molecule has 0 atom stereocenters. The Hall–Kier alpha value is -3.87. The van der Waals surface area contributed by atoms with Crippen molar-refractivity contribution < 1.29 is 19.1 Å². The maximum atomic E-state index is 12.6. The number of benzene rings is 2. The van der Waals surface area contributed by atoms with Crippen LogP contribution in [0.1, 0.15) is 34.6 Å². The predicted octanol–water partition coefficient (Wildman–Crippen LogP) is 4.48. The highest BCUT2D eigenvalue weighted by Crippen LogP contribution is 2.34. The Morgan fingerprint density at radius 3 is 2.69 bits per heavy atom. The number of pyridine rings is 1. The molecular formula is C22H19N3O4. The number of nitrogens with one attached hydrogen (secondary N) is 2. The van der Waals surface area contributed by atoms with Gasteiger partial charge in [0, 0.05) is 17.4 Å². The molecule has 29 heavy (non-hydrogen) atoms. The van der Waals surface area contributed by atoms with Gasteiger partial charge in [0.05, 0.1) is 11.7 Å². The molecular weight excluding hydrogens is 370 g/mol. The van der Waals surface area contributed by atoms with E-state index in [1.54, 1.807) is 60.8 Å². The number of aromatic nitrogens is 1. The van der Waals surface area contributed by atoms with E-state index in [4.69, 9.17) is 9.47 Å². The Morgan fingerprint density at radius 2 is 1.93 bits per heavy atom. The molecule has 0 spiro atoms. The van der Waals surface area contributed by atoms with E-state index in [0.29, 0.717) is 39.9 Å². The first-order valence-electron chi connectivity index (χ1n) is 9.16. The Kier molecular flexibility index (Phi) is 4.87. The van der Waals surface area contributed by atoms with Gasteiger partial charge in [-0.05, 0) is 68.4 Å². The minimum Gasteiger partial charge on any atom is -0.491 e. The van der Waals surface area contributed by atoms with Crippen molar-refractivity contribution >= 4 is 23.2 Å². The number of nitrogens with zero attached hydrogens (tertiary/aromatic N) is 1. The molecule has 0 bridgehead atoms. The molecule has 0 saturated carbocycles. The van der Waals surface area contributed by atoms with Crippen molar-refractivity contribution in [2.45, 2.75) is 20.0 Å². The lowest BCUT2D eigenvalue weighted by Gasteiger charge is -2.11. The average Bonchev–Trinajstić information content (AvgIpc) is 2.84. The molecule has 3 aromatic rings. The van der Waals surface area contributed by atoms with E-state index in [9.17, 15) is 9.59 Å². The number of anilines is 2. The molecule has 1 aliphatic rings. The van der Waals surface area contributed by atoms with E-state index in [1.165, 1.54) is 0 Å². The summed E-state index contributed by atoms with van der Waals surface area (Å²) in [5, 5.41) is 5.56. The summed E-state index contributed by atoms with van der Waals surface area (Å²) in [5.74, 6) is 0.760. The number of hydrogen-bond donors (Lipinski definition) is 2. The zero-order valence-electron chi connectivity index (χ0n) is 15.9. The van der Waals surface area contributed by atoms with Crippen LogP contribution in [0.4, 0.5) is 11.4 Å². The molecule has 0 saturated heterocycles. The van der Waals surface area contributed by atoms with Gasteiger partial charge < -0.3 is 20.1 Å². The van der Waals surface area contributed by atoms with Crippen LogP contribution in [-0.4, -0.2) is 22.9 Å². The van der Waals surface area contributed by atoms with E-state index >= 15 is 0 Å². The zero-order chi connectivity index (χ0) is 20.4. The van der Waals surface area contributed by atoms with E-state index in [2.05, 4.69) is 15.6 Å². The summed E-state index contributed by atoms with van der Waals surface area (Å²) in [7, 11) is 0. The van der Waals surface area contributed by atoms with Crippen LogP contribution in [0.25, 0.3) is 0 Å². The summed E-state index contributed by atoms with van der Waals surface area (Å²) >= 11 is 0. The molecule has 7 heteroatoms. The summed E-state index contributed by atoms with van der Waals surface area (Å²) < 4.78 is 11.3. The van der Waals surface area contributed by atoms with Crippen LogP contribution in [-0.2, 0) is 0 Å². The van der Waals surface area contributed by atoms with E-state index in [-0.39, 0.29) is 17.9 Å². The Bertz CT molecular complexity index is 1080. The van der Waals surface area contributed by atoms with Crippen LogP contribution >= 0.6 is 0 Å². The molecule has 0 fully saturated rings. The number of ether oxygens (including phenoxy) is 2. The topological polar surface area (TPSA) is 89.5 Å². The second kappa shape index (κ2) is 7.63. The lowest BCUT2D eigenvalue weighted by Crippen LogP contribution is -2.14. The Balaban J connectivity index is 1.53. The number of fused-ring (bicyclic) bond motifs is 2. The van der Waals surface area contributed by atoms with Gasteiger partial charge >= 0.3 is 0 Å². The van der Waals surface area contributed by atoms with Gasteiger partial charge in [-0.1, -0.05) is 0 Å². The predicted molar refractivity (Wildman–Crippen MR) is 109 cm³/mol. The van der Waals surface area contributed by atoms with Crippen molar-refractivity contribution in [2.24, 2.45) is 0 Å². The van der Waals surface area contributed by atoms with Crippen molar-refractivity contribution in [2.75, 3.05) is 10.6 Å². The van der Waals surface area contributed by atoms with Gasteiger partial charge in [-0.3, -0.25) is 9.59 Å². The number of amides is 2. The number of carbonyl (C=O) groups excluding carboxylic acids is 2. The largest absolute Gasteiger partial charge is 0.491 e. The summed E-state index contributed by atoms with van der Waals surface area (Å²) in [6.45, 7) is 3.88. The quantitative estimate of drug-likeness (QED) is 0.687. The van der Waals surface area contributed by atoms with Crippen molar-refractivity contribution in [3.63, 3.8) is 0 Å². The summed E-state index contributed by atoms with van der Waals surface area (Å²) in [5.41, 5.74) is 1.76. The molecule has 1 aliphatic heterocycles. The molecule has 4 rings (SSSR count). The maximum absolute atomic E-state index is 12.6. The van der Waals surface area contributed by atoms with Gasteiger partial charge in [-0.15, -0.1) is 0 Å². The van der Waals surface area contributed by atoms with Crippen LogP contribution in [0.2, 0.25) is 0 Å². The molecule has 2 amide bonds. The smallest absolute Gasteiger partial charge is 0.259 e. The van der Waals surface area contributed by atoms with E-state index < -0.39 is 0 Å². The van der Waals surface area contributed by atoms with Gasteiger partial charge in [0.15, 0.2) is 0 Å². The van der Waals surface area contributed by atoms with Gasteiger partial charge in [0.2, 0.25) is 5.88 Å². The SMILES string of the molecule is CC(C)Oc1ccc(C(=O)Nc2ccc3c(c2)C(=O)Nc2cccnc2O3)cc1. The first-order chi connectivity index (χ1) is 14.0. The van der Waals surface area contributed by atoms with Gasteiger partial charge in [-0.25, -0.2) is 4.98 Å². The first kappa shape index (κ1) is 18.5. The second-order valence-electron chi connectivity index (χ2n) is 6.77. The third kappa shape index (κ3) is 4.03. The summed E-state index contributed by atoms with van der Waals surface area (Å²) in [6, 6.07) is 15.2. The molecule has 2 N–H and O–H groups in total. The van der Waals surface area contributed by atoms with Gasteiger partial charge in [0.1, 0.15) is 17.2 Å². The fourth-order valence-electron chi connectivity index (χ4n) is 2.90. The lowest BCUT2D eigenvalue weighted by atomic mass is 10.1. The van der Waals surface area contributed by atoms with Crippen LogP contribution in [0.3, 0.4) is 0 Å². The Labute approximate surface area is 167 Å². The third-order valence-electron chi connectivity index (χ3n) is 4.20. The normalized spacial score (nSPS) is 12.2. The number of carbonyl (C=O) groups is 2. The van der Waals surface area contributed by atoms with Gasteiger partial charge in [0.25, 0.3) is 11.8 Å². The van der Waals surface area contributed by atoms with Crippen molar-refractivity contribution in [3.05, 3.63) is 71.9 Å². The highest BCUT2D eigenvalue weighted by Gasteiger charge is 2.22. The minimum absolute atomic E-state index is 0.0592. The number of hydrogen-bond acceptors (Lipinski definition) is 5. The molecule has 1 aromatic heterocycles. The minimum atomic E-state index is -0.335. The van der Waals surface area contributed by atoms with Crippen LogP contribution in [0.5, 0.6) is 17.4 Å². The van der Waals surface area contributed by atoms with E-state index in [0.717, 1.165) is 0 Å². The fraction of sp³-hybridized carbons (Fsp3) is 0.136. The Morgan fingerprint density at radius 1 is 1.14 bits per heavy atom. The summed E-state index contributed by atoms with van der Waals surface area (Å²) in [6.07, 6.45) is 1.64. The monoisotopic (exact) mass is 389 g/mol. The molecule has 146 valence electrons. The van der Waals surface area contributed by atoms with Crippen LogP contribution in [0, 0.1) is 0 Å². The van der Waals surface area contributed by atoms with Crippen LogP contribution in [0.15, 0.2) is 60.8 Å². The van der Waals surface area contributed by atoms with Crippen molar-refractivity contribution in [1.29, 1.82) is 0 Å². The molecule has 7 nitrogen and oxygen atoms in total. The van der Waals surface area contributed by atoms with E-state index in [1.807, 2.05) is 13.8 Å². The maximum Gasteiger partial charge on any atom is 0.259 e. The van der Waals surface area contributed by atoms with Crippen molar-refractivity contribution in [3.8, 4) is 17.4 Å². The zero-order valence-corrected chi connectivity index (χ0v) is 15.9. The standard InChI is InChI=1S/C22H19N3O4/c1-13(2)28-16-8-5-14(6-9-16)20(26)24-15-7-10-19-17(12-15)21(27)25-18-4-3-11-23-22(18)29-19/h3-13H,1-2H3,(H,24,26)(H,25,27). The lowest BCUT2D eigenvalue weighted by molar-refractivity contribution is 0.101. The highest BCUT2D eigenvalue weighted by atomic mass is 16.5. The molecule has 0 radical (unpaired) electrons. The molecule has 2 heterocycles. The molecule has 0 aliphatic carbocycles. The molecule has 2 aromatic carbocycles. The van der Waals surface area contributed by atoms with Crippen LogP contribution < -0.4 is 20.1 Å². The molecule has 0 unspecified atom stereocenters. The van der Waals surface area contributed by atoms with Crippen molar-refractivity contribution in [1.82, 2.24) is 4.98 Å². The average molecular weight is 389 g/mol. The highest BCUT2D eigenvalue weighted by molar-refractivity contribution is 6.09. The van der Waals surface area contributed by atoms with Gasteiger partial charge in [-0.2, -0.15) is 0 Å². The summed E-state index contributed by atoms with van der Waals surface area (Å²) in [4.78, 5) is 29.2. The number of rotatable bonds is 4. The first-order valence-corrected chi connectivity index (χ1v) is 9.16. The fourth-order valence-corrected chi connectivity index (χ4v) is 2.90.